The molecule has 0 aliphatic rings. The first kappa shape index (κ1) is 10.8. The Bertz CT molecular complexity index is 331. The van der Waals surface area contributed by atoms with E-state index in [-0.39, 0.29) is 5.75 Å². The highest BCUT2D eigenvalue weighted by molar-refractivity contribution is 6.28. The lowest BCUT2D eigenvalue weighted by molar-refractivity contribution is 0.285. The summed E-state index contributed by atoms with van der Waals surface area (Å²) in [6.07, 6.45) is 0. The molecule has 0 radical (unpaired) electrons. The highest BCUT2D eigenvalue weighted by Gasteiger charge is 2.05. The Kier molecular flexibility index (Phi) is 3.71. The molecule has 1 aromatic rings. The molecule has 0 heterocycles. The lowest BCUT2D eigenvalue weighted by atomic mass is 10.3. The number of hydrogen-bond donors (Lipinski definition) is 0. The van der Waals surface area contributed by atoms with Crippen molar-refractivity contribution in [1.29, 1.82) is 0 Å². The van der Waals surface area contributed by atoms with Crippen LogP contribution in [-0.2, 0) is 0 Å². The Morgan fingerprint density at radius 2 is 1.64 bits per heavy atom. The molecule has 0 aliphatic heterocycles. The minimum absolute atomic E-state index is 0.138. The van der Waals surface area contributed by atoms with Gasteiger partial charge < -0.3 is 9.47 Å². The number of methoxy groups -OCH3 is 1. The van der Waals surface area contributed by atoms with Gasteiger partial charge in [0.1, 0.15) is 11.5 Å². The van der Waals surface area contributed by atoms with E-state index in [1.54, 1.807) is 12.1 Å². The smallest absolute Gasteiger partial charge is 0.326 e. The van der Waals surface area contributed by atoms with Crippen molar-refractivity contribution in [1.82, 2.24) is 0 Å². The summed E-state index contributed by atoms with van der Waals surface area (Å²) in [5.41, 5.74) is 0. The van der Waals surface area contributed by atoms with Gasteiger partial charge in [-0.3, -0.25) is 0 Å². The maximum Gasteiger partial charge on any atom is 0.326 e. The van der Waals surface area contributed by atoms with Gasteiger partial charge in [0.05, 0.1) is 7.11 Å². The molecule has 0 unspecified atom stereocenters. The number of ether oxygens (including phenoxy) is 2. The maximum absolute atomic E-state index is 12.5. The fraction of sp³-hybridized carbons (Fsp3) is 0.111. The summed E-state index contributed by atoms with van der Waals surface area (Å²) in [5, 5.41) is -1.51. The van der Waals surface area contributed by atoms with Gasteiger partial charge in [-0.05, 0) is 35.9 Å². The number of rotatable bonds is 3. The van der Waals surface area contributed by atoms with Gasteiger partial charge in [0.15, 0.2) is 0 Å². The average molecular weight is 221 g/mol. The van der Waals surface area contributed by atoms with Crippen LogP contribution in [-0.4, -0.2) is 7.11 Å². The fourth-order valence-corrected chi connectivity index (χ4v) is 0.824. The minimum atomic E-state index is -1.51. The van der Waals surface area contributed by atoms with Crippen LogP contribution in [0.2, 0.25) is 0 Å². The molecule has 14 heavy (non-hydrogen) atoms. The van der Waals surface area contributed by atoms with Gasteiger partial charge in [-0.1, -0.05) is 0 Å². The van der Waals surface area contributed by atoms with Crippen molar-refractivity contribution in [2.24, 2.45) is 0 Å². The molecule has 0 amide bonds. The first-order chi connectivity index (χ1) is 6.63. The van der Waals surface area contributed by atoms with Crippen LogP contribution < -0.4 is 9.47 Å². The highest BCUT2D eigenvalue weighted by Crippen LogP contribution is 2.21. The predicted octanol–water partition coefficient (Wildman–Crippen LogP) is 3.38. The number of halogens is 3. The first-order valence-corrected chi connectivity index (χ1v) is 4.04. The van der Waals surface area contributed by atoms with Gasteiger partial charge in [0.25, 0.3) is 5.29 Å². The van der Waals surface area contributed by atoms with Crippen molar-refractivity contribution in [2.75, 3.05) is 7.11 Å². The van der Waals surface area contributed by atoms with E-state index in [1.807, 2.05) is 0 Å². The van der Waals surface area contributed by atoms with Crippen molar-refractivity contribution < 1.29 is 18.3 Å². The van der Waals surface area contributed by atoms with Crippen LogP contribution in [0.1, 0.15) is 0 Å². The van der Waals surface area contributed by atoms with Crippen molar-refractivity contribution >= 4 is 11.6 Å². The van der Waals surface area contributed by atoms with E-state index in [2.05, 4.69) is 4.74 Å². The third-order valence-corrected chi connectivity index (χ3v) is 1.56. The maximum atomic E-state index is 12.5. The molecule has 0 spiro atoms. The molecule has 0 aromatic heterocycles. The standard InChI is InChI=1S/C9H7ClF2O2/c1-13-6-2-4-7(5-3-6)14-9(12)8(10)11/h2-5H,1H3/b9-8-. The monoisotopic (exact) mass is 220 g/mol. The molecule has 5 heteroatoms. The van der Waals surface area contributed by atoms with E-state index in [0.717, 1.165) is 0 Å². The summed E-state index contributed by atoms with van der Waals surface area (Å²) in [6, 6.07) is 4.50. The lowest BCUT2D eigenvalue weighted by Gasteiger charge is -2.03. The summed E-state index contributed by atoms with van der Waals surface area (Å²) >= 11 is 4.72. The zero-order valence-electron chi connectivity index (χ0n) is 7.26. The van der Waals surface area contributed by atoms with Gasteiger partial charge in [-0.25, -0.2) is 0 Å². The zero-order valence-corrected chi connectivity index (χ0v) is 8.02. The van der Waals surface area contributed by atoms with Gasteiger partial charge in [0, 0.05) is 0 Å². The van der Waals surface area contributed by atoms with Crippen LogP contribution in [0.3, 0.4) is 0 Å². The molecule has 76 valence electrons. The molecule has 2 nitrogen and oxygen atoms in total. The Balaban J connectivity index is 2.74. The minimum Gasteiger partial charge on any atom is -0.497 e. The van der Waals surface area contributed by atoms with Crippen LogP contribution in [0.5, 0.6) is 11.5 Å². The first-order valence-electron chi connectivity index (χ1n) is 3.66. The van der Waals surface area contributed by atoms with Crippen LogP contribution >= 0.6 is 11.6 Å². The average Bonchev–Trinajstić information content (AvgIpc) is 2.19. The molecule has 1 aromatic carbocycles. The van der Waals surface area contributed by atoms with Gasteiger partial charge in [-0.2, -0.15) is 8.78 Å². The summed E-state index contributed by atoms with van der Waals surface area (Å²) < 4.78 is 33.8. The van der Waals surface area contributed by atoms with E-state index in [4.69, 9.17) is 16.3 Å². The zero-order chi connectivity index (χ0) is 10.6. The summed E-state index contributed by atoms with van der Waals surface area (Å²) in [5.74, 6) is 0.729. The molecule has 0 saturated carbocycles. The molecule has 0 saturated heterocycles. The normalized spacial score (nSPS) is 12.0. The molecule has 1 rings (SSSR count). The summed E-state index contributed by atoms with van der Waals surface area (Å²) in [4.78, 5) is 0. The summed E-state index contributed by atoms with van der Waals surface area (Å²) in [6.45, 7) is 0. The summed E-state index contributed by atoms with van der Waals surface area (Å²) in [7, 11) is 1.49. The second-order valence-corrected chi connectivity index (χ2v) is 2.64. The Labute approximate surface area is 84.7 Å². The van der Waals surface area contributed by atoms with Crippen LogP contribution in [0.25, 0.3) is 0 Å². The third kappa shape index (κ3) is 2.88. The van der Waals surface area contributed by atoms with Crippen LogP contribution in [0.4, 0.5) is 8.78 Å². The lowest BCUT2D eigenvalue weighted by Crippen LogP contribution is -1.90. The number of benzene rings is 1. The largest absolute Gasteiger partial charge is 0.497 e. The van der Waals surface area contributed by atoms with E-state index >= 15 is 0 Å². The second kappa shape index (κ2) is 4.81. The SMILES string of the molecule is COc1ccc(O/C(F)=C(\F)Cl)cc1. The molecule has 0 atom stereocenters. The van der Waals surface area contributed by atoms with Crippen molar-refractivity contribution in [3.8, 4) is 11.5 Å². The van der Waals surface area contributed by atoms with Gasteiger partial charge >= 0.3 is 6.01 Å². The van der Waals surface area contributed by atoms with Crippen LogP contribution in [0, 0.1) is 0 Å². The topological polar surface area (TPSA) is 18.5 Å². The molecular formula is C9H7ClF2O2. The van der Waals surface area contributed by atoms with E-state index < -0.39 is 11.3 Å². The molecule has 0 bridgehead atoms. The van der Waals surface area contributed by atoms with E-state index in [1.165, 1.54) is 19.2 Å². The number of hydrogen-bond acceptors (Lipinski definition) is 2. The highest BCUT2D eigenvalue weighted by atomic mass is 35.5. The van der Waals surface area contributed by atoms with Crippen molar-refractivity contribution in [3.05, 3.63) is 35.6 Å². The Morgan fingerprint density at radius 3 is 2.07 bits per heavy atom. The third-order valence-electron chi connectivity index (χ3n) is 1.42. The van der Waals surface area contributed by atoms with Gasteiger partial charge in [0.2, 0.25) is 0 Å². The second-order valence-electron chi connectivity index (χ2n) is 2.31. The van der Waals surface area contributed by atoms with E-state index in [0.29, 0.717) is 5.75 Å². The molecule has 0 fully saturated rings. The van der Waals surface area contributed by atoms with Crippen molar-refractivity contribution in [2.45, 2.75) is 0 Å². The predicted molar refractivity (Wildman–Crippen MR) is 48.7 cm³/mol. The molecule has 0 aliphatic carbocycles. The Morgan fingerprint density at radius 1 is 1.14 bits per heavy atom. The van der Waals surface area contributed by atoms with Crippen molar-refractivity contribution in [3.63, 3.8) is 0 Å². The molecular weight excluding hydrogens is 214 g/mol. The Hall–Kier alpha value is -1.29. The fourth-order valence-electron chi connectivity index (χ4n) is 0.786. The van der Waals surface area contributed by atoms with Crippen LogP contribution in [0.15, 0.2) is 35.6 Å². The molecule has 0 N–H and O–H groups in total. The quantitative estimate of drug-likeness (QED) is 0.727. The van der Waals surface area contributed by atoms with E-state index in [9.17, 15) is 8.78 Å². The van der Waals surface area contributed by atoms with Gasteiger partial charge in [-0.15, -0.1) is 0 Å².